The van der Waals surface area contributed by atoms with Crippen molar-refractivity contribution in [1.29, 1.82) is 0 Å². The molecule has 56 heavy (non-hydrogen) atoms. The molecule has 7 fully saturated rings. The van der Waals surface area contributed by atoms with Crippen LogP contribution in [0.2, 0.25) is 0 Å². The maximum Gasteiger partial charge on any atom is 0.120 e. The SMILES string of the molecule is CC[C@@H]1CN2CCC1C[C@H]2C(O)c1ccnc2ccc(OCCN3CCN(CCOc4ccc5nccc(C(O)[C@@H]6CC7CCN6C[C@H]7CC)c5c4)CC3)cc12. The van der Waals surface area contributed by atoms with E-state index in [4.69, 9.17) is 9.47 Å². The Bertz CT molecular complexity index is 1810. The zero-order valence-corrected chi connectivity index (χ0v) is 33.5. The summed E-state index contributed by atoms with van der Waals surface area (Å²) in [5.74, 6) is 4.65. The maximum atomic E-state index is 11.7. The molecule has 0 aliphatic carbocycles. The summed E-state index contributed by atoms with van der Waals surface area (Å²) in [4.78, 5) is 19.2. The second kappa shape index (κ2) is 16.8. The van der Waals surface area contributed by atoms with Gasteiger partial charge in [0.2, 0.25) is 0 Å². The zero-order valence-electron chi connectivity index (χ0n) is 33.5. The Balaban J connectivity index is 0.740. The number of rotatable bonds is 14. The quantitative estimate of drug-likeness (QED) is 0.156. The van der Waals surface area contributed by atoms with Gasteiger partial charge in [0.15, 0.2) is 0 Å². The van der Waals surface area contributed by atoms with Crippen LogP contribution in [0.15, 0.2) is 60.9 Å². The van der Waals surface area contributed by atoms with Crippen molar-refractivity contribution in [2.24, 2.45) is 23.7 Å². The summed E-state index contributed by atoms with van der Waals surface area (Å²) in [5, 5.41) is 25.4. The van der Waals surface area contributed by atoms with Crippen LogP contribution >= 0.6 is 0 Å². The summed E-state index contributed by atoms with van der Waals surface area (Å²) in [6.45, 7) is 16.0. The molecular weight excluding hydrogens is 701 g/mol. The van der Waals surface area contributed by atoms with Crippen LogP contribution in [0.1, 0.15) is 75.7 Å². The monoisotopic (exact) mass is 762 g/mol. The van der Waals surface area contributed by atoms with Crippen LogP contribution in [0, 0.1) is 23.7 Å². The number of aliphatic hydroxyl groups is 2. The fraction of sp³-hybridized carbons (Fsp3) is 0.609. The Labute approximate surface area is 332 Å². The second-order valence-electron chi connectivity index (χ2n) is 17.5. The van der Waals surface area contributed by atoms with Crippen molar-refractivity contribution >= 4 is 21.8 Å². The topological polar surface area (TPSA) is 97.7 Å². The molecule has 7 aliphatic rings. The lowest BCUT2D eigenvalue weighted by atomic mass is 9.72. The van der Waals surface area contributed by atoms with Gasteiger partial charge in [-0.05, 0) is 122 Å². The Hall–Kier alpha value is -3.38. The summed E-state index contributed by atoms with van der Waals surface area (Å²) in [6.07, 6.45) is 9.76. The van der Waals surface area contributed by atoms with Gasteiger partial charge in [0, 0.05) is 87.6 Å². The van der Waals surface area contributed by atoms with Crippen molar-refractivity contribution in [1.82, 2.24) is 29.6 Å². The molecule has 0 saturated carbocycles. The van der Waals surface area contributed by atoms with Gasteiger partial charge >= 0.3 is 0 Å². The minimum Gasteiger partial charge on any atom is -0.492 e. The number of nitrogens with zero attached hydrogens (tertiary/aromatic N) is 6. The Kier molecular flexibility index (Phi) is 11.5. The molecule has 0 radical (unpaired) electrons. The van der Waals surface area contributed by atoms with E-state index < -0.39 is 12.2 Å². The molecule has 10 atom stereocenters. The van der Waals surface area contributed by atoms with Gasteiger partial charge in [-0.2, -0.15) is 0 Å². The van der Waals surface area contributed by atoms with Gasteiger partial charge in [0.25, 0.3) is 0 Å². The molecule has 9 heterocycles. The van der Waals surface area contributed by atoms with Crippen LogP contribution in [-0.4, -0.2) is 131 Å². The molecule has 10 nitrogen and oxygen atoms in total. The van der Waals surface area contributed by atoms with Gasteiger partial charge < -0.3 is 19.7 Å². The number of aliphatic hydroxyl groups excluding tert-OH is 2. The Morgan fingerprint density at radius 1 is 0.625 bits per heavy atom. The highest BCUT2D eigenvalue weighted by molar-refractivity contribution is 5.84. The van der Waals surface area contributed by atoms with E-state index in [0.717, 1.165) is 146 Å². The first kappa shape index (κ1) is 38.2. The molecule has 4 aromatic rings. The highest BCUT2D eigenvalue weighted by Gasteiger charge is 2.44. The van der Waals surface area contributed by atoms with Gasteiger partial charge in [0.05, 0.1) is 23.2 Å². The van der Waals surface area contributed by atoms with E-state index in [1.807, 2.05) is 48.8 Å². The third-order valence-corrected chi connectivity index (χ3v) is 14.6. The van der Waals surface area contributed by atoms with E-state index >= 15 is 0 Å². The van der Waals surface area contributed by atoms with Gasteiger partial charge in [-0.15, -0.1) is 0 Å². The first-order valence-corrected chi connectivity index (χ1v) is 21.8. The summed E-state index contributed by atoms with van der Waals surface area (Å²) < 4.78 is 12.6. The number of hydrogen-bond donors (Lipinski definition) is 2. The first-order valence-electron chi connectivity index (χ1n) is 21.8. The van der Waals surface area contributed by atoms with Gasteiger partial charge in [0.1, 0.15) is 24.7 Å². The summed E-state index contributed by atoms with van der Waals surface area (Å²) in [6, 6.07) is 16.6. The van der Waals surface area contributed by atoms with Crippen LogP contribution in [0.5, 0.6) is 11.5 Å². The van der Waals surface area contributed by atoms with Crippen LogP contribution in [0.3, 0.4) is 0 Å². The molecule has 10 heteroatoms. The normalized spacial score (nSPS) is 30.5. The first-order chi connectivity index (χ1) is 27.4. The van der Waals surface area contributed by atoms with E-state index in [1.165, 1.54) is 25.7 Å². The van der Waals surface area contributed by atoms with Crippen LogP contribution in [-0.2, 0) is 0 Å². The molecule has 7 saturated heterocycles. The number of aromatic nitrogens is 2. The largest absolute Gasteiger partial charge is 0.492 e. The highest BCUT2D eigenvalue weighted by atomic mass is 16.5. The van der Waals surface area contributed by atoms with Crippen LogP contribution in [0.4, 0.5) is 0 Å². The Morgan fingerprint density at radius 2 is 1.07 bits per heavy atom. The molecular formula is C46H62N6O4. The standard InChI is InChI=1S/C46H62N6O4/c1-3-31-29-51-15-11-33(31)25-43(51)45(53)37-9-13-47-41-7-5-35(27-39(37)41)55-23-21-49-17-19-50(20-18-49)22-24-56-36-6-8-42-40(28-36)38(10-14-48-42)46(54)44-26-34-12-16-52(44)30-32(34)4-2/h5-10,13-14,27-28,31-34,43-46,53-54H,3-4,11-12,15-26,29-30H2,1-2H3/t31-,32-,33?,34?,43+,44+,45?,46?/m1/s1. The van der Waals surface area contributed by atoms with Crippen molar-refractivity contribution in [2.45, 2.75) is 76.7 Å². The molecule has 300 valence electrons. The molecule has 0 spiro atoms. The number of piperidine rings is 6. The summed E-state index contributed by atoms with van der Waals surface area (Å²) in [5.41, 5.74) is 3.75. The van der Waals surface area contributed by atoms with Crippen molar-refractivity contribution < 1.29 is 19.7 Å². The smallest absolute Gasteiger partial charge is 0.120 e. The van der Waals surface area contributed by atoms with Crippen molar-refractivity contribution in [2.75, 3.05) is 78.7 Å². The van der Waals surface area contributed by atoms with E-state index in [-0.39, 0.29) is 12.1 Å². The van der Waals surface area contributed by atoms with Crippen molar-refractivity contribution in [3.8, 4) is 11.5 Å². The third-order valence-electron chi connectivity index (χ3n) is 14.6. The van der Waals surface area contributed by atoms with E-state index in [2.05, 4.69) is 55.5 Å². The lowest BCUT2D eigenvalue weighted by Gasteiger charge is -2.51. The van der Waals surface area contributed by atoms with Crippen molar-refractivity contribution in [3.05, 3.63) is 72.1 Å². The number of hydrogen-bond acceptors (Lipinski definition) is 10. The average molecular weight is 763 g/mol. The summed E-state index contributed by atoms with van der Waals surface area (Å²) >= 11 is 0. The molecule has 2 aromatic carbocycles. The number of pyridine rings is 2. The van der Waals surface area contributed by atoms with E-state index in [1.54, 1.807) is 0 Å². The zero-order chi connectivity index (χ0) is 38.2. The maximum absolute atomic E-state index is 11.7. The number of fused-ring (bicyclic) bond motifs is 8. The van der Waals surface area contributed by atoms with Gasteiger partial charge in [-0.3, -0.25) is 29.6 Å². The summed E-state index contributed by atoms with van der Waals surface area (Å²) in [7, 11) is 0. The van der Waals surface area contributed by atoms with Crippen molar-refractivity contribution in [3.63, 3.8) is 0 Å². The number of ether oxygens (including phenoxy) is 2. The lowest BCUT2D eigenvalue weighted by molar-refractivity contribution is -0.0562. The molecule has 0 amide bonds. The lowest BCUT2D eigenvalue weighted by Crippen LogP contribution is -2.55. The van der Waals surface area contributed by atoms with Crippen LogP contribution < -0.4 is 9.47 Å². The predicted octanol–water partition coefficient (Wildman–Crippen LogP) is 6.17. The minimum absolute atomic E-state index is 0.176. The third kappa shape index (κ3) is 7.77. The molecule has 2 aromatic heterocycles. The average Bonchev–Trinajstić information content (AvgIpc) is 3.26. The molecule has 4 bridgehead atoms. The molecule has 11 rings (SSSR count). The molecule has 2 N–H and O–H groups in total. The predicted molar refractivity (Wildman–Crippen MR) is 221 cm³/mol. The minimum atomic E-state index is -0.525. The molecule has 6 unspecified atom stereocenters. The van der Waals surface area contributed by atoms with E-state index in [9.17, 15) is 10.2 Å². The fourth-order valence-electron chi connectivity index (χ4n) is 11.2. The van der Waals surface area contributed by atoms with Crippen LogP contribution in [0.25, 0.3) is 21.8 Å². The van der Waals surface area contributed by atoms with E-state index in [0.29, 0.717) is 13.2 Å². The number of piperazine rings is 1. The molecule has 7 aliphatic heterocycles. The Morgan fingerprint density at radius 3 is 1.46 bits per heavy atom. The van der Waals surface area contributed by atoms with Gasteiger partial charge in [-0.1, -0.05) is 26.7 Å². The second-order valence-corrected chi connectivity index (χ2v) is 17.5. The fourth-order valence-corrected chi connectivity index (χ4v) is 11.2. The highest BCUT2D eigenvalue weighted by Crippen LogP contribution is 2.44. The van der Waals surface area contributed by atoms with Gasteiger partial charge in [-0.25, -0.2) is 0 Å². The number of benzene rings is 2.